The predicted molar refractivity (Wildman–Crippen MR) is 54.8 cm³/mol. The van der Waals surface area contributed by atoms with Gasteiger partial charge in [-0.1, -0.05) is 34.1 Å². The van der Waals surface area contributed by atoms with Crippen molar-refractivity contribution in [2.24, 2.45) is 0 Å². The molecule has 0 aliphatic rings. The zero-order valence-corrected chi connectivity index (χ0v) is 7.88. The molecule has 0 N–H and O–H groups in total. The van der Waals surface area contributed by atoms with Gasteiger partial charge in [-0.05, 0) is 17.7 Å². The third-order valence-corrected chi connectivity index (χ3v) is 2.34. The standard InChI is InChI=1S/C9H5BBrN/c10-9-5-7(11)6-3-1-2-4-8(6)12-9/h1-5H. The van der Waals surface area contributed by atoms with E-state index in [1.54, 1.807) is 0 Å². The van der Waals surface area contributed by atoms with E-state index in [0.29, 0.717) is 5.59 Å². The van der Waals surface area contributed by atoms with Gasteiger partial charge < -0.3 is 0 Å². The first-order valence-electron chi connectivity index (χ1n) is 3.58. The monoisotopic (exact) mass is 217 g/mol. The highest BCUT2D eigenvalue weighted by atomic mass is 79.9. The average molecular weight is 218 g/mol. The summed E-state index contributed by atoms with van der Waals surface area (Å²) in [6.07, 6.45) is 0. The van der Waals surface area contributed by atoms with Crippen LogP contribution in [0.25, 0.3) is 10.9 Å². The zero-order chi connectivity index (χ0) is 8.55. The number of rotatable bonds is 0. The molecular formula is C9H5BBrN. The number of aromatic nitrogens is 1. The molecule has 0 saturated carbocycles. The summed E-state index contributed by atoms with van der Waals surface area (Å²) in [5.74, 6) is 0. The molecule has 56 valence electrons. The molecule has 12 heavy (non-hydrogen) atoms. The second-order valence-corrected chi connectivity index (χ2v) is 3.40. The quantitative estimate of drug-likeness (QED) is 0.614. The second kappa shape index (κ2) is 2.90. The number of hydrogen-bond donors (Lipinski definition) is 0. The highest BCUT2D eigenvalue weighted by Gasteiger charge is 1.98. The van der Waals surface area contributed by atoms with E-state index in [-0.39, 0.29) is 0 Å². The van der Waals surface area contributed by atoms with Gasteiger partial charge in [0.25, 0.3) is 0 Å². The van der Waals surface area contributed by atoms with Gasteiger partial charge in [0.2, 0.25) is 0 Å². The summed E-state index contributed by atoms with van der Waals surface area (Å²) in [4.78, 5) is 4.18. The van der Waals surface area contributed by atoms with Crippen molar-refractivity contribution in [3.63, 3.8) is 0 Å². The molecule has 0 unspecified atom stereocenters. The fraction of sp³-hybridized carbons (Fsp3) is 0. The SMILES string of the molecule is [B]c1cc(Br)c2ccccc2n1. The summed E-state index contributed by atoms with van der Waals surface area (Å²) in [5, 5.41) is 1.09. The molecule has 0 saturated heterocycles. The second-order valence-electron chi connectivity index (χ2n) is 2.55. The fourth-order valence-electron chi connectivity index (χ4n) is 1.15. The van der Waals surface area contributed by atoms with Crippen molar-refractivity contribution in [2.75, 3.05) is 0 Å². The Morgan fingerprint density at radius 1 is 1.25 bits per heavy atom. The number of para-hydroxylation sites is 1. The van der Waals surface area contributed by atoms with Gasteiger partial charge in [0.1, 0.15) is 7.85 Å². The molecule has 2 rings (SSSR count). The maximum absolute atomic E-state index is 5.58. The van der Waals surface area contributed by atoms with Crippen molar-refractivity contribution in [2.45, 2.75) is 0 Å². The van der Waals surface area contributed by atoms with E-state index in [0.717, 1.165) is 15.4 Å². The molecule has 1 heterocycles. The molecular weight excluding hydrogens is 213 g/mol. The number of benzene rings is 1. The molecule has 0 spiro atoms. The van der Waals surface area contributed by atoms with Crippen LogP contribution in [0, 0.1) is 0 Å². The van der Waals surface area contributed by atoms with Crippen LogP contribution in [0.2, 0.25) is 0 Å². The molecule has 0 bridgehead atoms. The lowest BCUT2D eigenvalue weighted by atomic mass is 10.0. The van der Waals surface area contributed by atoms with Crippen LogP contribution in [0.3, 0.4) is 0 Å². The Balaban J connectivity index is 2.89. The van der Waals surface area contributed by atoms with E-state index in [1.165, 1.54) is 0 Å². The third-order valence-electron chi connectivity index (χ3n) is 1.69. The number of hydrogen-bond acceptors (Lipinski definition) is 1. The smallest absolute Gasteiger partial charge is 0.141 e. The number of pyridine rings is 1. The van der Waals surface area contributed by atoms with Gasteiger partial charge in [-0.15, -0.1) is 0 Å². The molecule has 0 atom stereocenters. The van der Waals surface area contributed by atoms with E-state index in [2.05, 4.69) is 20.9 Å². The lowest BCUT2D eigenvalue weighted by molar-refractivity contribution is 1.47. The minimum atomic E-state index is 0.542. The van der Waals surface area contributed by atoms with Crippen LogP contribution in [-0.2, 0) is 0 Å². The van der Waals surface area contributed by atoms with Gasteiger partial charge in [-0.25, -0.2) is 0 Å². The normalized spacial score (nSPS) is 10.4. The average Bonchev–Trinajstić information content (AvgIpc) is 2.04. The molecule has 1 aromatic carbocycles. The first kappa shape index (κ1) is 7.81. The number of fused-ring (bicyclic) bond motifs is 1. The van der Waals surface area contributed by atoms with Crippen LogP contribution in [0.4, 0.5) is 0 Å². The lowest BCUT2D eigenvalue weighted by Crippen LogP contribution is -2.07. The molecule has 1 nitrogen and oxygen atoms in total. The first-order valence-corrected chi connectivity index (χ1v) is 4.37. The third kappa shape index (κ3) is 1.25. The highest BCUT2D eigenvalue weighted by Crippen LogP contribution is 2.19. The van der Waals surface area contributed by atoms with Crippen LogP contribution >= 0.6 is 15.9 Å². The Labute approximate surface area is 80.4 Å². The minimum Gasteiger partial charge on any atom is -0.264 e. The van der Waals surface area contributed by atoms with Gasteiger partial charge in [-0.2, -0.15) is 0 Å². The van der Waals surface area contributed by atoms with Crippen LogP contribution < -0.4 is 5.59 Å². The largest absolute Gasteiger partial charge is 0.264 e. The Kier molecular flexibility index (Phi) is 1.89. The summed E-state index contributed by atoms with van der Waals surface area (Å²) < 4.78 is 0.991. The summed E-state index contributed by atoms with van der Waals surface area (Å²) in [6.45, 7) is 0. The van der Waals surface area contributed by atoms with E-state index in [4.69, 9.17) is 7.85 Å². The van der Waals surface area contributed by atoms with E-state index < -0.39 is 0 Å². The Morgan fingerprint density at radius 2 is 2.00 bits per heavy atom. The summed E-state index contributed by atoms with van der Waals surface area (Å²) >= 11 is 3.43. The fourth-order valence-corrected chi connectivity index (χ4v) is 1.72. The topological polar surface area (TPSA) is 12.9 Å². The van der Waals surface area contributed by atoms with Crippen molar-refractivity contribution in [1.29, 1.82) is 0 Å². The van der Waals surface area contributed by atoms with Crippen LogP contribution in [-0.4, -0.2) is 12.8 Å². The zero-order valence-electron chi connectivity index (χ0n) is 6.29. The number of nitrogens with zero attached hydrogens (tertiary/aromatic N) is 1. The molecule has 0 aliphatic carbocycles. The van der Waals surface area contributed by atoms with Gasteiger partial charge >= 0.3 is 0 Å². The van der Waals surface area contributed by atoms with Crippen molar-refractivity contribution in [3.05, 3.63) is 34.8 Å². The summed E-state index contributed by atoms with van der Waals surface area (Å²) in [5.41, 5.74) is 1.46. The lowest BCUT2D eigenvalue weighted by Gasteiger charge is -2.00. The van der Waals surface area contributed by atoms with Gasteiger partial charge in [-0.3, -0.25) is 4.98 Å². The highest BCUT2D eigenvalue weighted by molar-refractivity contribution is 9.10. The van der Waals surface area contributed by atoms with Crippen molar-refractivity contribution in [1.82, 2.24) is 4.98 Å². The van der Waals surface area contributed by atoms with Gasteiger partial charge in [0.05, 0.1) is 5.52 Å². The Morgan fingerprint density at radius 3 is 2.83 bits per heavy atom. The molecule has 0 aliphatic heterocycles. The number of halogens is 1. The van der Waals surface area contributed by atoms with Crippen LogP contribution in [0.1, 0.15) is 0 Å². The van der Waals surface area contributed by atoms with Crippen molar-refractivity contribution in [3.8, 4) is 0 Å². The van der Waals surface area contributed by atoms with Crippen LogP contribution in [0.15, 0.2) is 34.8 Å². The molecule has 2 aromatic rings. The predicted octanol–water partition coefficient (Wildman–Crippen LogP) is 1.79. The molecule has 3 heteroatoms. The van der Waals surface area contributed by atoms with Crippen molar-refractivity contribution < 1.29 is 0 Å². The molecule has 2 radical (unpaired) electrons. The molecule has 1 aromatic heterocycles. The summed E-state index contributed by atoms with van der Waals surface area (Å²) in [6, 6.07) is 9.68. The van der Waals surface area contributed by atoms with E-state index >= 15 is 0 Å². The van der Waals surface area contributed by atoms with E-state index in [1.807, 2.05) is 30.3 Å². The molecule has 0 fully saturated rings. The maximum Gasteiger partial charge on any atom is 0.141 e. The van der Waals surface area contributed by atoms with Gasteiger partial charge in [0.15, 0.2) is 0 Å². The maximum atomic E-state index is 5.58. The summed E-state index contributed by atoms with van der Waals surface area (Å²) in [7, 11) is 5.58. The van der Waals surface area contributed by atoms with Crippen molar-refractivity contribution >= 4 is 40.3 Å². The van der Waals surface area contributed by atoms with Crippen LogP contribution in [0.5, 0.6) is 0 Å². The van der Waals surface area contributed by atoms with E-state index in [9.17, 15) is 0 Å². The Bertz CT molecular complexity index is 428. The van der Waals surface area contributed by atoms with Gasteiger partial charge in [0, 0.05) is 9.86 Å². The minimum absolute atomic E-state index is 0.542. The molecule has 0 amide bonds. The Hall–Kier alpha value is -0.825. The first-order chi connectivity index (χ1) is 5.77.